The van der Waals surface area contributed by atoms with Gasteiger partial charge in [-0.2, -0.15) is 0 Å². The Kier molecular flexibility index (Phi) is 8.10. The van der Waals surface area contributed by atoms with E-state index in [0.29, 0.717) is 10.9 Å². The van der Waals surface area contributed by atoms with Crippen molar-refractivity contribution in [2.75, 3.05) is 0 Å². The van der Waals surface area contributed by atoms with Crippen molar-refractivity contribution in [2.24, 2.45) is 5.92 Å². The molecule has 0 spiro atoms. The first kappa shape index (κ1) is 19.5. The van der Waals surface area contributed by atoms with Gasteiger partial charge in [-0.05, 0) is 43.4 Å². The summed E-state index contributed by atoms with van der Waals surface area (Å²) in [6, 6.07) is 6.97. The Bertz CT molecular complexity index is 514. The summed E-state index contributed by atoms with van der Waals surface area (Å²) in [5.41, 5.74) is 0.870. The van der Waals surface area contributed by atoms with Gasteiger partial charge in [-0.3, -0.25) is 9.59 Å². The second-order valence-corrected chi connectivity index (χ2v) is 6.88. The fourth-order valence-electron chi connectivity index (χ4n) is 2.37. The van der Waals surface area contributed by atoms with E-state index in [1.165, 1.54) is 6.92 Å². The molecule has 5 heteroatoms. The highest BCUT2D eigenvalue weighted by atomic mass is 35.5. The topological polar surface area (TPSA) is 58.2 Å². The van der Waals surface area contributed by atoms with Crippen LogP contribution < -0.4 is 10.6 Å². The monoisotopic (exact) mass is 338 g/mol. The van der Waals surface area contributed by atoms with E-state index < -0.39 is 0 Å². The number of benzene rings is 1. The molecule has 0 saturated heterocycles. The van der Waals surface area contributed by atoms with Crippen LogP contribution in [0.25, 0.3) is 0 Å². The maximum Gasteiger partial charge on any atom is 0.222 e. The van der Waals surface area contributed by atoms with Crippen LogP contribution in [0.3, 0.4) is 0 Å². The van der Waals surface area contributed by atoms with Crippen LogP contribution in [0.2, 0.25) is 5.02 Å². The average Bonchev–Trinajstić information content (AvgIpc) is 2.44. The lowest BCUT2D eigenvalue weighted by atomic mass is 10.0. The van der Waals surface area contributed by atoms with Crippen molar-refractivity contribution in [3.63, 3.8) is 0 Å². The second kappa shape index (κ2) is 9.56. The lowest BCUT2D eigenvalue weighted by Crippen LogP contribution is -2.36. The zero-order valence-electron chi connectivity index (χ0n) is 14.4. The van der Waals surface area contributed by atoms with Crippen molar-refractivity contribution in [3.05, 3.63) is 34.9 Å². The van der Waals surface area contributed by atoms with Gasteiger partial charge in [0.1, 0.15) is 0 Å². The molecule has 0 heterocycles. The highest BCUT2D eigenvalue weighted by Crippen LogP contribution is 2.19. The molecule has 2 atom stereocenters. The van der Waals surface area contributed by atoms with Crippen LogP contribution in [0.15, 0.2) is 24.3 Å². The third kappa shape index (κ3) is 8.03. The molecule has 4 nitrogen and oxygen atoms in total. The fourth-order valence-corrected chi connectivity index (χ4v) is 2.49. The first-order valence-electron chi connectivity index (χ1n) is 8.09. The zero-order valence-corrected chi connectivity index (χ0v) is 15.1. The summed E-state index contributed by atoms with van der Waals surface area (Å²) in [6.07, 6.45) is 2.25. The molecule has 0 aromatic heterocycles. The first-order chi connectivity index (χ1) is 10.8. The van der Waals surface area contributed by atoms with E-state index in [2.05, 4.69) is 24.5 Å². The summed E-state index contributed by atoms with van der Waals surface area (Å²) >= 11 is 5.89. The molecule has 1 aromatic carbocycles. The molecular formula is C18H27ClN2O2. The average molecular weight is 339 g/mol. The minimum atomic E-state index is -0.345. The van der Waals surface area contributed by atoms with Crippen LogP contribution in [-0.4, -0.2) is 17.9 Å². The maximum absolute atomic E-state index is 12.2. The highest BCUT2D eigenvalue weighted by Gasteiger charge is 2.18. The molecule has 0 unspecified atom stereocenters. The summed E-state index contributed by atoms with van der Waals surface area (Å²) in [5, 5.41) is 6.46. The molecule has 1 rings (SSSR count). The van der Waals surface area contributed by atoms with Gasteiger partial charge < -0.3 is 10.6 Å². The van der Waals surface area contributed by atoms with E-state index in [1.54, 1.807) is 12.1 Å². The van der Waals surface area contributed by atoms with Crippen molar-refractivity contribution in [1.82, 2.24) is 10.6 Å². The van der Waals surface area contributed by atoms with Gasteiger partial charge >= 0.3 is 0 Å². The third-order valence-corrected chi connectivity index (χ3v) is 3.88. The van der Waals surface area contributed by atoms with Crippen molar-refractivity contribution in [1.29, 1.82) is 0 Å². The molecule has 1 aromatic rings. The Balaban J connectivity index is 2.64. The number of carbonyl (C=O) groups excluding carboxylic acids is 2. The van der Waals surface area contributed by atoms with Gasteiger partial charge in [0.2, 0.25) is 11.8 Å². The third-order valence-electron chi connectivity index (χ3n) is 3.62. The van der Waals surface area contributed by atoms with E-state index in [1.807, 2.05) is 19.1 Å². The fraction of sp³-hybridized carbons (Fsp3) is 0.556. The standard InChI is InChI=1S/C18H27ClN2O2/c1-12(2)5-6-13(3)20-18(23)11-17(21-14(4)22)15-7-9-16(19)10-8-15/h7-10,12-13,17H,5-6,11H2,1-4H3,(H,20,23)(H,21,22)/t13-,17+/m1/s1. The predicted molar refractivity (Wildman–Crippen MR) is 94.3 cm³/mol. The van der Waals surface area contributed by atoms with Crippen LogP contribution in [0.1, 0.15) is 58.6 Å². The number of amides is 2. The maximum atomic E-state index is 12.2. The molecule has 0 aliphatic rings. The van der Waals surface area contributed by atoms with Gasteiger partial charge in [0.25, 0.3) is 0 Å². The highest BCUT2D eigenvalue weighted by molar-refractivity contribution is 6.30. The van der Waals surface area contributed by atoms with Crippen molar-refractivity contribution < 1.29 is 9.59 Å². The normalized spacial score (nSPS) is 13.5. The SMILES string of the molecule is CC(=O)N[C@@H](CC(=O)N[C@H](C)CCC(C)C)c1ccc(Cl)cc1. The minimum absolute atomic E-state index is 0.0602. The van der Waals surface area contributed by atoms with E-state index in [0.717, 1.165) is 18.4 Å². The second-order valence-electron chi connectivity index (χ2n) is 6.45. The Morgan fingerprint density at radius 2 is 1.65 bits per heavy atom. The summed E-state index contributed by atoms with van der Waals surface area (Å²) in [6.45, 7) is 7.80. The number of carbonyl (C=O) groups is 2. The quantitative estimate of drug-likeness (QED) is 0.756. The number of nitrogens with one attached hydrogen (secondary N) is 2. The molecule has 23 heavy (non-hydrogen) atoms. The van der Waals surface area contributed by atoms with E-state index >= 15 is 0 Å². The van der Waals surface area contributed by atoms with Crippen LogP contribution in [0.4, 0.5) is 0 Å². The Morgan fingerprint density at radius 1 is 1.04 bits per heavy atom. The number of hydrogen-bond acceptors (Lipinski definition) is 2. The van der Waals surface area contributed by atoms with Gasteiger partial charge in [0.05, 0.1) is 12.5 Å². The van der Waals surface area contributed by atoms with Crippen molar-refractivity contribution in [2.45, 2.75) is 59.0 Å². The van der Waals surface area contributed by atoms with Gasteiger partial charge in [0.15, 0.2) is 0 Å². The van der Waals surface area contributed by atoms with Crippen molar-refractivity contribution >= 4 is 23.4 Å². The summed E-state index contributed by atoms with van der Waals surface area (Å²) in [7, 11) is 0. The minimum Gasteiger partial charge on any atom is -0.354 e. The number of halogens is 1. The predicted octanol–water partition coefficient (Wildman–Crippen LogP) is 3.85. The lowest BCUT2D eigenvalue weighted by molar-refractivity contribution is -0.123. The van der Waals surface area contributed by atoms with Gasteiger partial charge in [-0.1, -0.05) is 37.6 Å². The van der Waals surface area contributed by atoms with Gasteiger partial charge in [-0.15, -0.1) is 0 Å². The Morgan fingerprint density at radius 3 is 2.17 bits per heavy atom. The van der Waals surface area contributed by atoms with E-state index in [-0.39, 0.29) is 30.3 Å². The summed E-state index contributed by atoms with van der Waals surface area (Å²) in [4.78, 5) is 23.6. The number of rotatable bonds is 8. The van der Waals surface area contributed by atoms with E-state index in [9.17, 15) is 9.59 Å². The largest absolute Gasteiger partial charge is 0.354 e. The van der Waals surface area contributed by atoms with Crippen molar-refractivity contribution in [3.8, 4) is 0 Å². The van der Waals surface area contributed by atoms with Gasteiger partial charge in [-0.25, -0.2) is 0 Å². The van der Waals surface area contributed by atoms with Crippen LogP contribution >= 0.6 is 11.6 Å². The summed E-state index contributed by atoms with van der Waals surface area (Å²) in [5.74, 6) is 0.399. The Labute approximate surface area is 144 Å². The molecule has 0 aliphatic carbocycles. The molecule has 0 radical (unpaired) electrons. The van der Waals surface area contributed by atoms with Crippen LogP contribution in [0.5, 0.6) is 0 Å². The molecule has 2 N–H and O–H groups in total. The van der Waals surface area contributed by atoms with E-state index in [4.69, 9.17) is 11.6 Å². The van der Waals surface area contributed by atoms with Crippen LogP contribution in [0, 0.1) is 5.92 Å². The molecule has 0 fully saturated rings. The smallest absolute Gasteiger partial charge is 0.222 e. The molecular weight excluding hydrogens is 312 g/mol. The molecule has 0 bridgehead atoms. The Hall–Kier alpha value is -1.55. The zero-order chi connectivity index (χ0) is 17.4. The first-order valence-corrected chi connectivity index (χ1v) is 8.47. The molecule has 0 aliphatic heterocycles. The lowest BCUT2D eigenvalue weighted by Gasteiger charge is -2.20. The molecule has 128 valence electrons. The summed E-state index contributed by atoms with van der Waals surface area (Å²) < 4.78 is 0. The van der Waals surface area contributed by atoms with Gasteiger partial charge in [0, 0.05) is 18.0 Å². The number of hydrogen-bond donors (Lipinski definition) is 2. The van der Waals surface area contributed by atoms with Crippen LogP contribution in [-0.2, 0) is 9.59 Å². The molecule has 0 saturated carbocycles. The molecule has 2 amide bonds.